The van der Waals surface area contributed by atoms with Crippen molar-refractivity contribution in [2.24, 2.45) is 0 Å². The van der Waals surface area contributed by atoms with Crippen molar-refractivity contribution in [3.63, 3.8) is 0 Å². The van der Waals surface area contributed by atoms with E-state index in [0.717, 1.165) is 5.56 Å². The molecule has 0 atom stereocenters. The van der Waals surface area contributed by atoms with Crippen LogP contribution in [0.5, 0.6) is 5.75 Å². The average molecular weight is 238 g/mol. The quantitative estimate of drug-likeness (QED) is 0.785. The Bertz CT molecular complexity index is 411. The summed E-state index contributed by atoms with van der Waals surface area (Å²) >= 11 is 0. The van der Waals surface area contributed by atoms with Gasteiger partial charge in [-0.15, -0.1) is 0 Å². The summed E-state index contributed by atoms with van der Waals surface area (Å²) in [6.45, 7) is 5.55. The molecule has 0 heterocycles. The van der Waals surface area contributed by atoms with Gasteiger partial charge in [0.1, 0.15) is 17.3 Å². The van der Waals surface area contributed by atoms with E-state index in [4.69, 9.17) is 4.74 Å². The summed E-state index contributed by atoms with van der Waals surface area (Å²) in [6.07, 6.45) is 1.18. The lowest BCUT2D eigenvalue weighted by Crippen LogP contribution is -2.19. The largest absolute Gasteiger partial charge is 0.496 e. The van der Waals surface area contributed by atoms with E-state index in [2.05, 4.69) is 0 Å². The van der Waals surface area contributed by atoms with Crippen LogP contribution in [0.1, 0.15) is 39.2 Å². The molecular weight excluding hydrogens is 219 g/mol. The molecule has 0 amide bonds. The maximum atomic E-state index is 13.3. The number of rotatable bonds is 5. The number of carbonyl (C=O) groups excluding carboxylic acids is 1. The van der Waals surface area contributed by atoms with Gasteiger partial charge in [-0.05, 0) is 37.0 Å². The van der Waals surface area contributed by atoms with Gasteiger partial charge in [-0.1, -0.05) is 13.8 Å². The minimum absolute atomic E-state index is 0.147. The topological polar surface area (TPSA) is 26.3 Å². The smallest absolute Gasteiger partial charge is 0.129 e. The van der Waals surface area contributed by atoms with Crippen molar-refractivity contribution in [1.82, 2.24) is 0 Å². The first-order chi connectivity index (χ1) is 7.86. The van der Waals surface area contributed by atoms with Gasteiger partial charge in [0.05, 0.1) is 7.11 Å². The highest BCUT2D eigenvalue weighted by atomic mass is 19.1. The molecule has 0 bridgehead atoms. The number of benzene rings is 1. The standard InChI is InChI=1S/C14H19FO2/c1-10(16)7-8-14(2,3)12-9-11(15)5-6-13(12)17-4/h5-6,9H,7-8H2,1-4H3. The Morgan fingerprint density at radius 1 is 1.41 bits per heavy atom. The van der Waals surface area contributed by atoms with Crippen molar-refractivity contribution in [1.29, 1.82) is 0 Å². The number of methoxy groups -OCH3 is 1. The highest BCUT2D eigenvalue weighted by Crippen LogP contribution is 2.35. The summed E-state index contributed by atoms with van der Waals surface area (Å²) in [5, 5.41) is 0. The van der Waals surface area contributed by atoms with Crippen molar-refractivity contribution in [3.8, 4) is 5.75 Å². The van der Waals surface area contributed by atoms with Crippen molar-refractivity contribution in [3.05, 3.63) is 29.6 Å². The number of hydrogen-bond acceptors (Lipinski definition) is 2. The van der Waals surface area contributed by atoms with Crippen LogP contribution in [0.3, 0.4) is 0 Å². The number of Topliss-reactive ketones (excluding diaryl/α,β-unsaturated/α-hetero) is 1. The number of ketones is 1. The molecule has 0 spiro atoms. The SMILES string of the molecule is COc1ccc(F)cc1C(C)(C)CCC(C)=O. The highest BCUT2D eigenvalue weighted by molar-refractivity contribution is 5.75. The Kier molecular flexibility index (Phi) is 4.27. The van der Waals surface area contributed by atoms with E-state index in [1.54, 1.807) is 20.1 Å². The van der Waals surface area contributed by atoms with Crippen molar-refractivity contribution < 1.29 is 13.9 Å². The fraction of sp³-hybridized carbons (Fsp3) is 0.500. The van der Waals surface area contributed by atoms with Crippen LogP contribution in [0.2, 0.25) is 0 Å². The molecule has 0 aliphatic heterocycles. The molecule has 0 radical (unpaired) electrons. The molecule has 0 saturated carbocycles. The van der Waals surface area contributed by atoms with Crippen LogP contribution in [0.15, 0.2) is 18.2 Å². The molecule has 0 N–H and O–H groups in total. The lowest BCUT2D eigenvalue weighted by Gasteiger charge is -2.26. The minimum atomic E-state index is -0.281. The molecule has 1 rings (SSSR count). The molecule has 0 aliphatic carbocycles. The van der Waals surface area contributed by atoms with Crippen LogP contribution in [-0.4, -0.2) is 12.9 Å². The number of hydrogen-bond donors (Lipinski definition) is 0. The third-order valence-electron chi connectivity index (χ3n) is 2.99. The van der Waals surface area contributed by atoms with Crippen LogP contribution in [0, 0.1) is 5.82 Å². The van der Waals surface area contributed by atoms with Crippen molar-refractivity contribution >= 4 is 5.78 Å². The summed E-state index contributed by atoms with van der Waals surface area (Å²) in [4.78, 5) is 11.0. The number of carbonyl (C=O) groups is 1. The third-order valence-corrected chi connectivity index (χ3v) is 2.99. The molecule has 1 aromatic carbocycles. The van der Waals surface area contributed by atoms with Gasteiger partial charge in [0.15, 0.2) is 0 Å². The number of ether oxygens (including phenoxy) is 1. The summed E-state index contributed by atoms with van der Waals surface area (Å²) in [6, 6.07) is 4.49. The van der Waals surface area contributed by atoms with Crippen LogP contribution in [-0.2, 0) is 10.2 Å². The molecule has 0 aromatic heterocycles. The van der Waals surface area contributed by atoms with Gasteiger partial charge < -0.3 is 9.53 Å². The molecule has 94 valence electrons. The predicted octanol–water partition coefficient (Wildman–Crippen LogP) is 3.48. The maximum absolute atomic E-state index is 13.3. The Morgan fingerprint density at radius 2 is 2.06 bits per heavy atom. The van der Waals surface area contributed by atoms with Gasteiger partial charge >= 0.3 is 0 Å². The first-order valence-electron chi connectivity index (χ1n) is 5.70. The monoisotopic (exact) mass is 238 g/mol. The molecule has 0 fully saturated rings. The Morgan fingerprint density at radius 3 is 2.59 bits per heavy atom. The second kappa shape index (κ2) is 5.30. The zero-order chi connectivity index (χ0) is 13.1. The van der Waals surface area contributed by atoms with E-state index in [0.29, 0.717) is 18.6 Å². The molecule has 2 nitrogen and oxygen atoms in total. The lowest BCUT2D eigenvalue weighted by molar-refractivity contribution is -0.117. The summed E-state index contributed by atoms with van der Waals surface area (Å²) < 4.78 is 18.5. The molecule has 1 aromatic rings. The van der Waals surface area contributed by atoms with Crippen LogP contribution in [0.25, 0.3) is 0 Å². The van der Waals surface area contributed by atoms with Gasteiger partial charge in [-0.25, -0.2) is 4.39 Å². The first-order valence-corrected chi connectivity index (χ1v) is 5.70. The fourth-order valence-corrected chi connectivity index (χ4v) is 1.83. The third kappa shape index (κ3) is 3.55. The van der Waals surface area contributed by atoms with E-state index < -0.39 is 0 Å². The van der Waals surface area contributed by atoms with E-state index in [1.807, 2.05) is 13.8 Å². The van der Waals surface area contributed by atoms with Gasteiger partial charge in [-0.3, -0.25) is 0 Å². The average Bonchev–Trinajstić information content (AvgIpc) is 2.26. The van der Waals surface area contributed by atoms with Gasteiger partial charge in [-0.2, -0.15) is 0 Å². The molecule has 17 heavy (non-hydrogen) atoms. The second-order valence-electron chi connectivity index (χ2n) is 4.93. The van der Waals surface area contributed by atoms with E-state index in [1.165, 1.54) is 12.1 Å². The Balaban J connectivity index is 3.03. The van der Waals surface area contributed by atoms with Gasteiger partial charge in [0.25, 0.3) is 0 Å². The molecule has 0 saturated heterocycles. The highest BCUT2D eigenvalue weighted by Gasteiger charge is 2.25. The van der Waals surface area contributed by atoms with Crippen LogP contribution in [0.4, 0.5) is 4.39 Å². The lowest BCUT2D eigenvalue weighted by atomic mass is 9.79. The fourth-order valence-electron chi connectivity index (χ4n) is 1.83. The van der Waals surface area contributed by atoms with Crippen LogP contribution >= 0.6 is 0 Å². The summed E-state index contributed by atoms with van der Waals surface area (Å²) in [7, 11) is 1.57. The van der Waals surface area contributed by atoms with Crippen LogP contribution < -0.4 is 4.74 Å². The Labute approximate surface area is 102 Å². The Hall–Kier alpha value is -1.38. The normalized spacial score (nSPS) is 11.4. The van der Waals surface area contributed by atoms with E-state index in [9.17, 15) is 9.18 Å². The molecular formula is C14H19FO2. The minimum Gasteiger partial charge on any atom is -0.496 e. The zero-order valence-electron chi connectivity index (χ0n) is 10.8. The molecule has 3 heteroatoms. The molecule has 0 aliphatic rings. The van der Waals surface area contributed by atoms with E-state index in [-0.39, 0.29) is 17.0 Å². The van der Waals surface area contributed by atoms with Gasteiger partial charge in [0, 0.05) is 12.0 Å². The number of halogens is 1. The predicted molar refractivity (Wildman–Crippen MR) is 65.9 cm³/mol. The van der Waals surface area contributed by atoms with Crippen molar-refractivity contribution in [2.45, 2.75) is 39.0 Å². The van der Waals surface area contributed by atoms with Gasteiger partial charge in [0.2, 0.25) is 0 Å². The first kappa shape index (κ1) is 13.7. The summed E-state index contributed by atoms with van der Waals surface area (Å²) in [5.74, 6) is 0.532. The zero-order valence-corrected chi connectivity index (χ0v) is 10.8. The van der Waals surface area contributed by atoms with Crippen molar-refractivity contribution in [2.75, 3.05) is 7.11 Å². The summed E-state index contributed by atoms with van der Waals surface area (Å²) in [5.41, 5.74) is 0.528. The maximum Gasteiger partial charge on any atom is 0.129 e. The molecule has 0 unspecified atom stereocenters. The second-order valence-corrected chi connectivity index (χ2v) is 4.93. The van der Waals surface area contributed by atoms with E-state index >= 15 is 0 Å².